The summed E-state index contributed by atoms with van der Waals surface area (Å²) in [7, 11) is 0. The van der Waals surface area contributed by atoms with Gasteiger partial charge in [0.05, 0.1) is 0 Å². The highest BCUT2D eigenvalue weighted by Crippen LogP contribution is 2.15. The third-order valence-corrected chi connectivity index (χ3v) is 6.51. The largest absolute Gasteiger partial charge is 0.358 e. The molecule has 0 aliphatic rings. The lowest BCUT2D eigenvalue weighted by Gasteiger charge is -2.17. The molecule has 0 radical (unpaired) electrons. The molecule has 0 aromatic carbocycles. The second-order valence-electron chi connectivity index (χ2n) is 9.35. The molecule has 36 heavy (non-hydrogen) atoms. The maximum Gasteiger partial charge on any atom is 0.318 e. The number of anilines is 1. The molecular formula is C29H44N4O2S. The van der Waals surface area contributed by atoms with Gasteiger partial charge in [0, 0.05) is 17.7 Å². The normalized spacial score (nSPS) is 13.2. The average Bonchev–Trinajstić information content (AvgIpc) is 2.81. The summed E-state index contributed by atoms with van der Waals surface area (Å²) in [6.07, 6.45) is 17.4. The highest BCUT2D eigenvalue weighted by molar-refractivity contribution is 7.99. The Balaban J connectivity index is 2.39. The van der Waals surface area contributed by atoms with Crippen molar-refractivity contribution in [2.75, 3.05) is 16.8 Å². The number of urea groups is 1. The Morgan fingerprint density at radius 1 is 0.917 bits per heavy atom. The lowest BCUT2D eigenvalue weighted by Crippen LogP contribution is -2.46. The molecule has 1 aromatic rings. The minimum absolute atomic E-state index is 0.458. The molecule has 1 unspecified atom stereocenters. The molecule has 0 spiro atoms. The van der Waals surface area contributed by atoms with E-state index in [1.807, 2.05) is 6.07 Å². The molecule has 6 nitrogen and oxygen atoms in total. The van der Waals surface area contributed by atoms with E-state index in [-0.39, 0.29) is 0 Å². The summed E-state index contributed by atoms with van der Waals surface area (Å²) >= 11 is 1.62. The van der Waals surface area contributed by atoms with E-state index < -0.39 is 18.0 Å². The summed E-state index contributed by atoms with van der Waals surface area (Å²) < 4.78 is 0. The van der Waals surface area contributed by atoms with Gasteiger partial charge in [-0.05, 0) is 85.3 Å². The van der Waals surface area contributed by atoms with Gasteiger partial charge in [-0.2, -0.15) is 11.8 Å². The molecule has 0 bridgehead atoms. The van der Waals surface area contributed by atoms with Crippen LogP contribution in [0.4, 0.5) is 10.6 Å². The molecule has 1 aromatic heterocycles. The molecule has 0 aliphatic carbocycles. The van der Waals surface area contributed by atoms with Gasteiger partial charge < -0.3 is 11.1 Å². The number of thioether (sulfide) groups is 1. The fourth-order valence-corrected chi connectivity index (χ4v) is 4.40. The van der Waals surface area contributed by atoms with Gasteiger partial charge in [-0.25, -0.2) is 9.78 Å². The molecule has 3 amide bonds. The van der Waals surface area contributed by atoms with E-state index in [2.05, 4.69) is 74.5 Å². The summed E-state index contributed by atoms with van der Waals surface area (Å²) in [5, 5.41) is 5.22. The van der Waals surface area contributed by atoms with Crippen LogP contribution in [0.25, 0.3) is 0 Å². The highest BCUT2D eigenvalue weighted by Gasteiger charge is 2.19. The summed E-state index contributed by atoms with van der Waals surface area (Å²) in [6.45, 7) is 10.9. The molecular weight excluding hydrogens is 468 g/mol. The molecule has 198 valence electrons. The second-order valence-corrected chi connectivity index (χ2v) is 10.4. The van der Waals surface area contributed by atoms with E-state index in [0.717, 1.165) is 44.3 Å². The van der Waals surface area contributed by atoms with Crippen molar-refractivity contribution >= 4 is 29.5 Å². The third kappa shape index (κ3) is 16.0. The molecule has 4 N–H and O–H groups in total. The highest BCUT2D eigenvalue weighted by atomic mass is 32.2. The van der Waals surface area contributed by atoms with Crippen molar-refractivity contribution in [1.29, 1.82) is 0 Å². The Morgan fingerprint density at radius 3 is 2.03 bits per heavy atom. The molecule has 0 saturated carbocycles. The molecule has 1 atom stereocenters. The number of aromatic nitrogens is 1. The minimum atomic E-state index is -0.859. The standard InChI is InChI=1S/C29H44N4O2S/c1-22(2)11-8-12-23(3)13-9-14-24(4)15-10-16-25(5)18-20-36-21-26(28(34)33-29(30)35)32-27-17-6-7-19-31-27/h6-7,11,13,15,17-19,26H,8-10,12,14,16,20-21H2,1-5H3,(H,31,32)(H3,30,33,34,35). The SMILES string of the molecule is CC(C)=CCCC(C)=CCCC(C)=CCCC(C)=CCSCC(Nc1ccccn1)C(=O)NC(N)=O. The Hall–Kier alpha value is -2.80. The fraction of sp³-hybridized carbons (Fsp3) is 0.483. The fourth-order valence-electron chi connectivity index (χ4n) is 3.39. The van der Waals surface area contributed by atoms with Crippen LogP contribution in [0.5, 0.6) is 0 Å². The number of allylic oxidation sites excluding steroid dienone is 7. The second kappa shape index (κ2) is 18.5. The molecule has 1 heterocycles. The van der Waals surface area contributed by atoms with E-state index in [4.69, 9.17) is 5.73 Å². The van der Waals surface area contributed by atoms with Crippen LogP contribution in [0.3, 0.4) is 0 Å². The first kappa shape index (κ1) is 31.2. The van der Waals surface area contributed by atoms with Crippen LogP contribution >= 0.6 is 11.8 Å². The number of amides is 3. The van der Waals surface area contributed by atoms with Gasteiger partial charge in [0.25, 0.3) is 5.91 Å². The maximum atomic E-state index is 12.3. The van der Waals surface area contributed by atoms with Gasteiger partial charge in [-0.15, -0.1) is 0 Å². The molecule has 0 saturated heterocycles. The first-order valence-corrected chi connectivity index (χ1v) is 13.8. The topological polar surface area (TPSA) is 97.1 Å². The van der Waals surface area contributed by atoms with Crippen molar-refractivity contribution < 1.29 is 9.59 Å². The number of carbonyl (C=O) groups excluding carboxylic acids is 2. The Kier molecular flexibility index (Phi) is 16.0. The lowest BCUT2D eigenvalue weighted by molar-refractivity contribution is -0.120. The number of primary amides is 1. The maximum absolute atomic E-state index is 12.3. The molecule has 0 aliphatic heterocycles. The van der Waals surface area contributed by atoms with Crippen LogP contribution in [0.2, 0.25) is 0 Å². The Bertz CT molecular complexity index is 932. The number of hydrogen-bond donors (Lipinski definition) is 3. The Morgan fingerprint density at radius 2 is 1.50 bits per heavy atom. The van der Waals surface area contributed by atoms with E-state index >= 15 is 0 Å². The first-order chi connectivity index (χ1) is 17.2. The van der Waals surface area contributed by atoms with Gasteiger partial charge in [0.1, 0.15) is 11.9 Å². The predicted octanol–water partition coefficient (Wildman–Crippen LogP) is 6.94. The molecule has 1 rings (SSSR count). The predicted molar refractivity (Wildman–Crippen MR) is 155 cm³/mol. The van der Waals surface area contributed by atoms with Gasteiger partial charge >= 0.3 is 6.03 Å². The van der Waals surface area contributed by atoms with E-state index in [1.54, 1.807) is 30.1 Å². The summed E-state index contributed by atoms with van der Waals surface area (Å²) in [5.41, 5.74) is 10.7. The third-order valence-electron chi connectivity index (χ3n) is 5.54. The number of imide groups is 1. The van der Waals surface area contributed by atoms with Crippen molar-refractivity contribution in [3.8, 4) is 0 Å². The molecule has 7 heteroatoms. The van der Waals surface area contributed by atoms with Crippen molar-refractivity contribution in [3.05, 3.63) is 71.0 Å². The zero-order chi connectivity index (χ0) is 26.8. The van der Waals surface area contributed by atoms with E-state index in [9.17, 15) is 9.59 Å². The lowest BCUT2D eigenvalue weighted by atomic mass is 10.0. The van der Waals surface area contributed by atoms with Crippen molar-refractivity contribution in [2.45, 2.75) is 79.2 Å². The monoisotopic (exact) mass is 512 g/mol. The summed E-state index contributed by atoms with van der Waals surface area (Å²) in [6, 6.07) is 3.94. The number of nitrogens with one attached hydrogen (secondary N) is 2. The van der Waals surface area contributed by atoms with Crippen molar-refractivity contribution in [3.63, 3.8) is 0 Å². The van der Waals surface area contributed by atoms with Crippen LogP contribution in [-0.4, -0.2) is 34.5 Å². The zero-order valence-electron chi connectivity index (χ0n) is 22.6. The van der Waals surface area contributed by atoms with Gasteiger partial charge in [0.2, 0.25) is 0 Å². The minimum Gasteiger partial charge on any atom is -0.358 e. The van der Waals surface area contributed by atoms with Gasteiger partial charge in [-0.1, -0.05) is 52.7 Å². The number of nitrogens with two attached hydrogens (primary N) is 1. The van der Waals surface area contributed by atoms with Crippen LogP contribution in [-0.2, 0) is 4.79 Å². The number of rotatable bonds is 16. The van der Waals surface area contributed by atoms with E-state index in [0.29, 0.717) is 11.6 Å². The first-order valence-electron chi connectivity index (χ1n) is 12.6. The van der Waals surface area contributed by atoms with Crippen molar-refractivity contribution in [2.24, 2.45) is 5.73 Å². The zero-order valence-corrected chi connectivity index (χ0v) is 23.4. The average molecular weight is 513 g/mol. The summed E-state index contributed by atoms with van der Waals surface area (Å²) in [4.78, 5) is 27.6. The summed E-state index contributed by atoms with van der Waals surface area (Å²) in [5.74, 6) is 1.39. The quantitative estimate of drug-likeness (QED) is 0.165. The Labute approximate surface area is 222 Å². The molecule has 0 fully saturated rings. The van der Waals surface area contributed by atoms with Crippen LogP contribution in [0.15, 0.2) is 71.0 Å². The van der Waals surface area contributed by atoms with Crippen LogP contribution < -0.4 is 16.4 Å². The van der Waals surface area contributed by atoms with Crippen LogP contribution in [0, 0.1) is 0 Å². The number of pyridine rings is 1. The van der Waals surface area contributed by atoms with Crippen LogP contribution in [0.1, 0.15) is 73.1 Å². The van der Waals surface area contributed by atoms with E-state index in [1.165, 1.54) is 22.3 Å². The smallest absolute Gasteiger partial charge is 0.318 e. The van der Waals surface area contributed by atoms with Crippen molar-refractivity contribution in [1.82, 2.24) is 10.3 Å². The number of carbonyl (C=O) groups is 2. The van der Waals surface area contributed by atoms with Gasteiger partial charge in [0.15, 0.2) is 0 Å². The number of nitrogens with zero attached hydrogens (tertiary/aromatic N) is 1. The van der Waals surface area contributed by atoms with Gasteiger partial charge in [-0.3, -0.25) is 10.1 Å². The number of hydrogen-bond acceptors (Lipinski definition) is 5.